The van der Waals surface area contributed by atoms with Gasteiger partial charge in [-0.2, -0.15) is 0 Å². The van der Waals surface area contributed by atoms with E-state index in [-0.39, 0.29) is 34.6 Å². The lowest BCUT2D eigenvalue weighted by Gasteiger charge is -2.13. The van der Waals surface area contributed by atoms with Crippen LogP contribution < -0.4 is 0 Å². The second-order valence-electron chi connectivity index (χ2n) is 31.6. The van der Waals surface area contributed by atoms with Crippen molar-refractivity contribution in [2.24, 2.45) is 0 Å². The Labute approximate surface area is 744 Å². The van der Waals surface area contributed by atoms with Crippen LogP contribution >= 0.6 is 0 Å². The van der Waals surface area contributed by atoms with Crippen LogP contribution in [0.25, 0.3) is 249 Å². The fraction of sp³-hybridized carbons (Fsp3) is 0. The molecule has 27 rings (SSSR count). The Kier molecular flexibility index (Phi) is 15.2. The first-order valence-electron chi connectivity index (χ1n) is 46.7. The normalized spacial score (nSPS) is 12.7. The Bertz CT molecular complexity index is 9610. The molecule has 0 fully saturated rings. The number of hydrogen-bond donors (Lipinski definition) is 0. The molecule has 0 radical (unpaired) electrons. The van der Waals surface area contributed by atoms with Crippen LogP contribution in [-0.4, -0.2) is 43.6 Å². The molecule has 12 nitrogen and oxygen atoms in total. The minimum Gasteiger partial charge on any atom is -0.456 e. The van der Waals surface area contributed by atoms with E-state index in [4.69, 9.17) is 40.5 Å². The molecular formula is C116H71N9O3. The summed E-state index contributed by atoms with van der Waals surface area (Å²) in [5.74, 6) is 0.360. The molecule has 0 aliphatic carbocycles. The summed E-state index contributed by atoms with van der Waals surface area (Å²) in [6, 6.07) is 124. The lowest BCUT2D eigenvalue weighted by Crippen LogP contribution is -2.00. The molecule has 9 aromatic heterocycles. The molecule has 0 aliphatic heterocycles. The quantitative estimate of drug-likeness (QED) is 0.123. The van der Waals surface area contributed by atoms with Gasteiger partial charge in [-0.25, -0.2) is 29.9 Å². The van der Waals surface area contributed by atoms with Gasteiger partial charge in [0.25, 0.3) is 0 Å². The van der Waals surface area contributed by atoms with Crippen molar-refractivity contribution in [1.82, 2.24) is 43.6 Å². The molecule has 0 atom stereocenters. The first-order valence-corrected chi connectivity index (χ1v) is 42.2. The van der Waals surface area contributed by atoms with Crippen molar-refractivity contribution < 1.29 is 25.6 Å². The highest BCUT2D eigenvalue weighted by Crippen LogP contribution is 2.49. The highest BCUT2D eigenvalue weighted by molar-refractivity contribution is 6.29. The highest BCUT2D eigenvalue weighted by atomic mass is 16.3. The fourth-order valence-electron chi connectivity index (χ4n) is 18.7. The first-order chi connectivity index (χ1) is 67.2. The van der Waals surface area contributed by atoms with E-state index >= 15 is 0 Å². The van der Waals surface area contributed by atoms with Gasteiger partial charge in [-0.3, -0.25) is 0 Å². The summed E-state index contributed by atoms with van der Waals surface area (Å²) in [6.07, 6.45) is 0. The molecule has 598 valence electrons. The summed E-state index contributed by atoms with van der Waals surface area (Å²) in [6.45, 7) is 0. The lowest BCUT2D eigenvalue weighted by atomic mass is 10.00. The highest BCUT2D eigenvalue weighted by Gasteiger charge is 2.27. The minimum absolute atomic E-state index is 0.0356. The SMILES string of the molecule is [2H]c1cc(-c2nc(-c3ccc(-n4c5ccccc5c5ccc6oc7ccccc7c6c54)cc3)nc(-c3c([2H])c([2H])c([2H])c([2H])c3[2H])n2)c([2H])c([2H])c1[2H].c1cc(-c2nc3ccccc3c3ccccc23)cc(-n2c3ccccc3c3ccc4oc5ccccc5c4c32)c1.c1ccc(-c2cc(-c3cc4c5ccccc5n(-c5ccccc5)c4c4c3oc3ccccc34)nc(-c3ccccc3)n2)cc1. The predicted molar refractivity (Wildman–Crippen MR) is 524 cm³/mol. The molecule has 0 amide bonds. The standard InChI is InChI=1S/C40H25N3O.C39H24N4O.C37H22N2O/c1-4-14-26(15-5-1)33-25-34(42-40(41-33)27-16-6-2-7-17-27)32-24-31-29-20-10-12-22-35(29)43(28-18-8-3-9-19-28)38(31)37-30-21-11-13-23-36(30)44-39(32)37;1-3-11-25(12-4-1)37-40-38(26-13-5-2-6-14-26)42-39(41-37)27-19-21-28(22-20-27)43-32-17-9-7-15-29(32)30-23-24-34-35(36(30)43)31-16-8-10-18-33(31)44-34;1-2-15-28-25(12-1)26-13-3-6-17-31(26)38-36(28)23-10-9-11-24(22-23)39-32-18-7-4-14-27(32)29-20-21-34-35(37(29)39)30-16-5-8-19-33(30)40-34/h1-25H;1-24H;1-22H/i;1D,2D,3D,4D,5D,6D,11D,12D,13D;. The van der Waals surface area contributed by atoms with Crippen molar-refractivity contribution in [3.05, 3.63) is 430 Å². The van der Waals surface area contributed by atoms with E-state index in [2.05, 4.69) is 271 Å². The molecule has 128 heavy (non-hydrogen) atoms. The predicted octanol–water partition coefficient (Wildman–Crippen LogP) is 30.4. The lowest BCUT2D eigenvalue weighted by molar-refractivity contribution is 0.669. The average Bonchev–Trinajstić information content (AvgIpc) is 1.57. The largest absolute Gasteiger partial charge is 0.456 e. The van der Waals surface area contributed by atoms with Gasteiger partial charge in [-0.1, -0.05) is 303 Å². The van der Waals surface area contributed by atoms with Gasteiger partial charge >= 0.3 is 0 Å². The second kappa shape index (κ2) is 30.2. The van der Waals surface area contributed by atoms with Crippen LogP contribution in [0.2, 0.25) is 0 Å². The summed E-state index contributed by atoms with van der Waals surface area (Å²) in [4.78, 5) is 29.0. The molecule has 0 aliphatic rings. The zero-order chi connectivity index (χ0) is 92.1. The molecule has 0 spiro atoms. The third kappa shape index (κ3) is 12.2. The number of rotatable bonds is 10. The van der Waals surface area contributed by atoms with Gasteiger partial charge in [-0.15, -0.1) is 0 Å². The second-order valence-corrected chi connectivity index (χ2v) is 31.6. The van der Waals surface area contributed by atoms with Crippen molar-refractivity contribution >= 4 is 153 Å². The maximum absolute atomic E-state index is 8.59. The van der Waals surface area contributed by atoms with Crippen LogP contribution in [0.1, 0.15) is 12.3 Å². The Morgan fingerprint density at radius 3 is 1.26 bits per heavy atom. The number of hydrogen-bond acceptors (Lipinski definition) is 9. The number of pyridine rings is 1. The average molecular weight is 1650 g/mol. The maximum Gasteiger partial charge on any atom is 0.164 e. The molecule has 0 bridgehead atoms. The van der Waals surface area contributed by atoms with Gasteiger partial charge in [0.2, 0.25) is 0 Å². The van der Waals surface area contributed by atoms with Crippen LogP contribution in [0.15, 0.2) is 444 Å². The Hall–Kier alpha value is -17.5. The van der Waals surface area contributed by atoms with Crippen molar-refractivity contribution in [2.75, 3.05) is 0 Å². The molecule has 0 saturated carbocycles. The van der Waals surface area contributed by atoms with E-state index in [1.807, 2.05) is 115 Å². The third-order valence-electron chi connectivity index (χ3n) is 24.3. The number of para-hydroxylation sites is 8. The monoisotopic (exact) mass is 1650 g/mol. The molecule has 0 saturated heterocycles. The fourth-order valence-corrected chi connectivity index (χ4v) is 18.7. The van der Waals surface area contributed by atoms with Crippen molar-refractivity contribution in [2.45, 2.75) is 0 Å². The number of furan rings is 3. The minimum atomic E-state index is -0.572. The molecule has 12 heteroatoms. The summed E-state index contributed by atoms with van der Waals surface area (Å²) >= 11 is 0. The van der Waals surface area contributed by atoms with Gasteiger partial charge in [0.15, 0.2) is 23.3 Å². The molecular weight excluding hydrogens is 1570 g/mol. The molecule has 18 aromatic carbocycles. The number of fused-ring (bicyclic) bond motifs is 24. The van der Waals surface area contributed by atoms with Gasteiger partial charge in [0, 0.05) is 115 Å². The zero-order valence-electron chi connectivity index (χ0n) is 77.0. The Morgan fingerprint density at radius 2 is 0.641 bits per heavy atom. The van der Waals surface area contributed by atoms with Crippen molar-refractivity contribution in [3.8, 4) is 96.4 Å². The number of nitrogens with zero attached hydrogens (tertiary/aromatic N) is 9. The first kappa shape index (κ1) is 64.4. The van der Waals surface area contributed by atoms with Crippen LogP contribution in [0.5, 0.6) is 0 Å². The Morgan fingerprint density at radius 1 is 0.219 bits per heavy atom. The van der Waals surface area contributed by atoms with Gasteiger partial charge < -0.3 is 27.0 Å². The topological polar surface area (TPSA) is 132 Å². The molecule has 27 aromatic rings. The van der Waals surface area contributed by atoms with Gasteiger partial charge in [0.05, 0.1) is 84.2 Å². The van der Waals surface area contributed by atoms with Crippen LogP contribution in [0, 0.1) is 0 Å². The van der Waals surface area contributed by atoms with E-state index in [1.165, 1.54) is 38.5 Å². The van der Waals surface area contributed by atoms with Crippen molar-refractivity contribution in [3.63, 3.8) is 0 Å². The summed E-state index contributed by atoms with van der Waals surface area (Å²) in [7, 11) is 0. The van der Waals surface area contributed by atoms with Crippen LogP contribution in [0.3, 0.4) is 0 Å². The zero-order valence-corrected chi connectivity index (χ0v) is 68.0. The van der Waals surface area contributed by atoms with Crippen LogP contribution in [0.4, 0.5) is 0 Å². The number of benzene rings is 18. The summed E-state index contributed by atoms with van der Waals surface area (Å²) < 4.78 is 101. The van der Waals surface area contributed by atoms with E-state index < -0.39 is 48.3 Å². The number of aromatic nitrogens is 9. The third-order valence-corrected chi connectivity index (χ3v) is 24.3. The molecule has 0 unspecified atom stereocenters. The van der Waals surface area contributed by atoms with E-state index in [1.54, 1.807) is 12.1 Å². The smallest absolute Gasteiger partial charge is 0.164 e. The van der Waals surface area contributed by atoms with E-state index in [0.29, 0.717) is 11.4 Å². The van der Waals surface area contributed by atoms with Gasteiger partial charge in [0.1, 0.15) is 33.5 Å². The Balaban J connectivity index is 0.000000110. The van der Waals surface area contributed by atoms with Crippen molar-refractivity contribution in [1.29, 1.82) is 0 Å². The van der Waals surface area contributed by atoms with E-state index in [0.717, 1.165) is 177 Å². The molecule has 0 N–H and O–H groups in total. The summed E-state index contributed by atoms with van der Waals surface area (Å²) in [5.41, 5.74) is 22.5. The maximum atomic E-state index is 8.59. The van der Waals surface area contributed by atoms with Crippen LogP contribution in [-0.2, 0) is 0 Å². The summed E-state index contributed by atoms with van der Waals surface area (Å²) in [5, 5.41) is 16.9. The molecule has 9 heterocycles. The van der Waals surface area contributed by atoms with Gasteiger partial charge in [-0.05, 0) is 133 Å². The van der Waals surface area contributed by atoms with E-state index in [9.17, 15) is 0 Å².